The maximum Gasteiger partial charge on any atom is 0.167 e. The average molecular weight is 339 g/mol. The van der Waals surface area contributed by atoms with Crippen LogP contribution in [0.15, 0.2) is 84.0 Å². The molecule has 0 aliphatic heterocycles. The highest BCUT2D eigenvalue weighted by atomic mass is 16.5. The van der Waals surface area contributed by atoms with Crippen LogP contribution in [0, 0.1) is 0 Å². The maximum atomic E-state index is 5.03. The first kappa shape index (κ1) is 14.5. The normalized spacial score (nSPS) is 11.1. The van der Waals surface area contributed by atoms with Crippen molar-refractivity contribution in [3.63, 3.8) is 0 Å². The van der Waals surface area contributed by atoms with Crippen molar-refractivity contribution in [3.8, 4) is 28.5 Å². The van der Waals surface area contributed by atoms with Crippen LogP contribution in [0.4, 0.5) is 0 Å². The molecule has 3 heterocycles. The summed E-state index contributed by atoms with van der Waals surface area (Å²) in [4.78, 5) is 13.1. The lowest BCUT2D eigenvalue weighted by atomic mass is 10.1. The van der Waals surface area contributed by atoms with E-state index in [1.165, 1.54) is 0 Å². The lowest BCUT2D eigenvalue weighted by Gasteiger charge is -2.10. The molecule has 0 radical (unpaired) electrons. The second-order valence-corrected chi connectivity index (χ2v) is 5.79. The fourth-order valence-corrected chi connectivity index (χ4v) is 3.05. The summed E-state index contributed by atoms with van der Waals surface area (Å²) >= 11 is 0. The highest BCUT2D eigenvalue weighted by Gasteiger charge is 2.16. The number of aromatic nitrogens is 5. The summed E-state index contributed by atoms with van der Waals surface area (Å²) in [5, 5.41) is 4.07. The third-order valence-corrected chi connectivity index (χ3v) is 4.21. The Morgan fingerprint density at radius 3 is 2.69 bits per heavy atom. The molecule has 0 bridgehead atoms. The molecule has 6 heteroatoms. The third-order valence-electron chi connectivity index (χ3n) is 4.21. The summed E-state index contributed by atoms with van der Waals surface area (Å²) in [7, 11) is 0. The zero-order valence-corrected chi connectivity index (χ0v) is 13.6. The highest BCUT2D eigenvalue weighted by Crippen LogP contribution is 2.29. The van der Waals surface area contributed by atoms with E-state index >= 15 is 0 Å². The van der Waals surface area contributed by atoms with Gasteiger partial charge in [0.1, 0.15) is 18.3 Å². The molecule has 0 fully saturated rings. The first-order valence-corrected chi connectivity index (χ1v) is 8.15. The molecule has 3 aromatic heterocycles. The van der Waals surface area contributed by atoms with Crippen LogP contribution in [0.2, 0.25) is 0 Å². The monoisotopic (exact) mass is 339 g/mol. The Balaban J connectivity index is 1.76. The van der Waals surface area contributed by atoms with Crippen molar-refractivity contribution in [2.75, 3.05) is 0 Å². The van der Waals surface area contributed by atoms with E-state index in [0.29, 0.717) is 5.69 Å². The number of hydrogen-bond acceptors (Lipinski definition) is 5. The van der Waals surface area contributed by atoms with E-state index in [2.05, 4.69) is 25.8 Å². The summed E-state index contributed by atoms with van der Waals surface area (Å²) in [5.74, 6) is 0.736. The largest absolute Gasteiger partial charge is 0.364 e. The first-order valence-electron chi connectivity index (χ1n) is 8.15. The van der Waals surface area contributed by atoms with Crippen LogP contribution in [-0.4, -0.2) is 24.7 Å². The van der Waals surface area contributed by atoms with Gasteiger partial charge in [0, 0.05) is 23.5 Å². The molecule has 0 aliphatic carbocycles. The van der Waals surface area contributed by atoms with Crippen molar-refractivity contribution in [3.05, 3.63) is 79.5 Å². The molecule has 0 N–H and O–H groups in total. The fourth-order valence-electron chi connectivity index (χ4n) is 3.05. The number of rotatable bonds is 3. The molecule has 5 rings (SSSR count). The molecular formula is C20H13N5O. The van der Waals surface area contributed by atoms with Gasteiger partial charge in [-0.15, -0.1) is 0 Å². The van der Waals surface area contributed by atoms with Gasteiger partial charge < -0.3 is 4.52 Å². The van der Waals surface area contributed by atoms with Gasteiger partial charge in [-0.1, -0.05) is 29.4 Å². The fraction of sp³-hybridized carbons (Fsp3) is 0. The molecule has 0 saturated heterocycles. The van der Waals surface area contributed by atoms with E-state index < -0.39 is 0 Å². The van der Waals surface area contributed by atoms with Gasteiger partial charge in [0.2, 0.25) is 0 Å². The standard InChI is InChI=1S/C20H13N5O/c1-2-7-19-17(6-1)23-20(18-9-11-26-24-18)25(19)15-5-3-4-14(12-15)16-8-10-21-13-22-16/h1-13H. The van der Waals surface area contributed by atoms with E-state index in [1.54, 1.807) is 18.8 Å². The number of nitrogens with zero attached hydrogens (tertiary/aromatic N) is 5. The molecule has 5 aromatic rings. The lowest BCUT2D eigenvalue weighted by Crippen LogP contribution is -1.98. The van der Waals surface area contributed by atoms with Crippen LogP contribution in [0.1, 0.15) is 0 Å². The highest BCUT2D eigenvalue weighted by molar-refractivity contribution is 5.83. The minimum Gasteiger partial charge on any atom is -0.364 e. The second kappa shape index (κ2) is 5.93. The predicted octanol–water partition coefficient (Wildman–Crippen LogP) is 4.14. The SMILES string of the molecule is c1cc(-c2ccncn2)cc(-n2c(-c3ccon3)nc3ccccc32)c1. The summed E-state index contributed by atoms with van der Waals surface area (Å²) in [6, 6.07) is 19.9. The zero-order chi connectivity index (χ0) is 17.3. The van der Waals surface area contributed by atoms with Gasteiger partial charge in [-0.25, -0.2) is 15.0 Å². The van der Waals surface area contributed by atoms with Crippen molar-refractivity contribution in [1.82, 2.24) is 24.7 Å². The number of benzene rings is 2. The topological polar surface area (TPSA) is 69.6 Å². The Labute approximate surface area is 148 Å². The molecule has 0 spiro atoms. The second-order valence-electron chi connectivity index (χ2n) is 5.79. The van der Waals surface area contributed by atoms with Gasteiger partial charge in [0.25, 0.3) is 0 Å². The minimum atomic E-state index is 0.689. The Bertz CT molecular complexity index is 1180. The summed E-state index contributed by atoms with van der Waals surface area (Å²) in [6.07, 6.45) is 4.84. The molecule has 0 unspecified atom stereocenters. The minimum absolute atomic E-state index is 0.689. The Morgan fingerprint density at radius 1 is 0.885 bits per heavy atom. The van der Waals surface area contributed by atoms with Gasteiger partial charge >= 0.3 is 0 Å². The molecule has 0 amide bonds. The lowest BCUT2D eigenvalue weighted by molar-refractivity contribution is 0.421. The van der Waals surface area contributed by atoms with Crippen LogP contribution in [-0.2, 0) is 0 Å². The Morgan fingerprint density at radius 2 is 1.85 bits per heavy atom. The summed E-state index contributed by atoms with van der Waals surface area (Å²) < 4.78 is 7.11. The number of imidazole rings is 1. The van der Waals surface area contributed by atoms with E-state index in [-0.39, 0.29) is 0 Å². The van der Waals surface area contributed by atoms with Crippen molar-refractivity contribution in [2.24, 2.45) is 0 Å². The molecule has 26 heavy (non-hydrogen) atoms. The van der Waals surface area contributed by atoms with Gasteiger partial charge in [-0.05, 0) is 30.3 Å². The van der Waals surface area contributed by atoms with Crippen LogP contribution in [0.5, 0.6) is 0 Å². The number of hydrogen-bond donors (Lipinski definition) is 0. The zero-order valence-electron chi connectivity index (χ0n) is 13.6. The van der Waals surface area contributed by atoms with Crippen LogP contribution < -0.4 is 0 Å². The molecule has 0 atom stereocenters. The average Bonchev–Trinajstić information content (AvgIpc) is 3.36. The van der Waals surface area contributed by atoms with Gasteiger partial charge in [-0.3, -0.25) is 4.57 Å². The van der Waals surface area contributed by atoms with Crippen LogP contribution in [0.25, 0.3) is 39.5 Å². The molecule has 0 aliphatic rings. The van der Waals surface area contributed by atoms with E-state index in [9.17, 15) is 0 Å². The maximum absolute atomic E-state index is 5.03. The van der Waals surface area contributed by atoms with Gasteiger partial charge in [-0.2, -0.15) is 0 Å². The summed E-state index contributed by atoms with van der Waals surface area (Å²) in [6.45, 7) is 0. The number of fused-ring (bicyclic) bond motifs is 1. The Hall–Kier alpha value is -3.80. The quantitative estimate of drug-likeness (QED) is 0.494. The van der Waals surface area contributed by atoms with E-state index in [4.69, 9.17) is 9.51 Å². The van der Waals surface area contributed by atoms with Crippen molar-refractivity contribution in [2.45, 2.75) is 0 Å². The number of para-hydroxylation sites is 2. The first-order chi connectivity index (χ1) is 12.9. The van der Waals surface area contributed by atoms with Crippen molar-refractivity contribution >= 4 is 11.0 Å². The Kier molecular flexibility index (Phi) is 3.31. The molecule has 6 nitrogen and oxygen atoms in total. The smallest absolute Gasteiger partial charge is 0.167 e. The van der Waals surface area contributed by atoms with Crippen LogP contribution in [0.3, 0.4) is 0 Å². The van der Waals surface area contributed by atoms with E-state index in [0.717, 1.165) is 33.8 Å². The molecular weight excluding hydrogens is 326 g/mol. The molecule has 2 aromatic carbocycles. The third kappa shape index (κ3) is 2.36. The summed E-state index contributed by atoms with van der Waals surface area (Å²) in [5.41, 5.74) is 5.45. The van der Waals surface area contributed by atoms with Gasteiger partial charge in [0.05, 0.1) is 16.7 Å². The van der Waals surface area contributed by atoms with Crippen molar-refractivity contribution in [1.29, 1.82) is 0 Å². The predicted molar refractivity (Wildman–Crippen MR) is 97.6 cm³/mol. The van der Waals surface area contributed by atoms with Gasteiger partial charge in [0.15, 0.2) is 5.82 Å². The van der Waals surface area contributed by atoms with Crippen molar-refractivity contribution < 1.29 is 4.52 Å². The van der Waals surface area contributed by atoms with E-state index in [1.807, 2.05) is 54.6 Å². The molecule has 0 saturated carbocycles. The van der Waals surface area contributed by atoms with Crippen LogP contribution >= 0.6 is 0 Å². The molecule has 124 valence electrons.